The Balaban J connectivity index is -0.00000162. The zero-order valence-electron chi connectivity index (χ0n) is 12.7. The van der Waals surface area contributed by atoms with Gasteiger partial charge in [-0.2, -0.15) is 0 Å². The van der Waals surface area contributed by atoms with Crippen LogP contribution in [-0.4, -0.2) is 22.2 Å². The Labute approximate surface area is 149 Å². The third kappa shape index (κ3) is 25.2. The molecule has 4 nitrogen and oxygen atoms in total. The number of carbonyl (C=O) groups is 2. The largest absolute Gasteiger partial charge is 0.481 e. The predicted octanol–water partition coefficient (Wildman–Crippen LogP) is 5.38. The van der Waals surface area contributed by atoms with Crippen molar-refractivity contribution in [3.63, 3.8) is 0 Å². The Morgan fingerprint density at radius 3 is 0.857 bits per heavy atom. The van der Waals surface area contributed by atoms with Gasteiger partial charge >= 0.3 is 11.9 Å². The van der Waals surface area contributed by atoms with Crippen molar-refractivity contribution < 1.29 is 19.8 Å². The molecule has 6 heteroatoms. The van der Waals surface area contributed by atoms with Crippen molar-refractivity contribution in [2.24, 2.45) is 0 Å². The van der Waals surface area contributed by atoms with Crippen LogP contribution in [-0.2, 0) is 9.59 Å². The van der Waals surface area contributed by atoms with Gasteiger partial charge in [0.15, 0.2) is 0 Å². The zero-order chi connectivity index (χ0) is 14.3. The van der Waals surface area contributed by atoms with Crippen molar-refractivity contribution in [1.29, 1.82) is 0 Å². The fourth-order valence-corrected chi connectivity index (χ4v) is 2.14. The Morgan fingerprint density at radius 2 is 0.667 bits per heavy atom. The molecule has 0 atom stereocenters. The fourth-order valence-electron chi connectivity index (χ4n) is 2.14. The number of unbranched alkanes of at least 4 members (excludes halogenated alkanes) is 10. The second-order valence-corrected chi connectivity index (χ2v) is 5.18. The molecule has 0 saturated carbocycles. The van der Waals surface area contributed by atoms with Gasteiger partial charge in [0, 0.05) is 12.8 Å². The van der Waals surface area contributed by atoms with Crippen LogP contribution in [0.15, 0.2) is 0 Å². The van der Waals surface area contributed by atoms with E-state index in [0.717, 1.165) is 38.5 Å². The van der Waals surface area contributed by atoms with Crippen molar-refractivity contribution >= 4 is 45.9 Å². The van der Waals surface area contributed by atoms with Gasteiger partial charge < -0.3 is 10.2 Å². The van der Waals surface area contributed by atoms with Gasteiger partial charge in [-0.25, -0.2) is 0 Å². The summed E-state index contributed by atoms with van der Waals surface area (Å²) in [4.78, 5) is 20.6. The van der Waals surface area contributed by atoms with Crippen LogP contribution in [0.3, 0.4) is 0 Å². The monoisotopic (exact) mass is 432 g/mol. The van der Waals surface area contributed by atoms with Crippen molar-refractivity contribution in [3.8, 4) is 0 Å². The van der Waals surface area contributed by atoms with E-state index in [0.29, 0.717) is 12.8 Å². The fraction of sp³-hybridized carbons (Fsp3) is 0.867. The second kappa shape index (κ2) is 19.9. The van der Waals surface area contributed by atoms with Gasteiger partial charge in [0.2, 0.25) is 0 Å². The molecule has 0 aliphatic heterocycles. The molecule has 0 spiro atoms. The summed E-state index contributed by atoms with van der Waals surface area (Å²) in [6.45, 7) is 0. The summed E-state index contributed by atoms with van der Waals surface area (Å²) >= 11 is 0. The van der Waals surface area contributed by atoms with E-state index < -0.39 is 11.9 Å². The molecule has 0 aromatic carbocycles. The number of carboxylic acids is 2. The summed E-state index contributed by atoms with van der Waals surface area (Å²) in [6, 6.07) is 0. The molecule has 0 saturated heterocycles. The molecular weight excluding hydrogens is 404 g/mol. The third-order valence-electron chi connectivity index (χ3n) is 3.28. The molecule has 0 amide bonds. The van der Waals surface area contributed by atoms with Gasteiger partial charge in [-0.05, 0) is 12.8 Å². The number of halogens is 2. The van der Waals surface area contributed by atoms with Crippen LogP contribution >= 0.6 is 34.0 Å². The highest BCUT2D eigenvalue weighted by atomic mass is 79.9. The minimum Gasteiger partial charge on any atom is -0.481 e. The highest BCUT2D eigenvalue weighted by molar-refractivity contribution is 8.93. The standard InChI is InChI=1S/C15H28O4.2BrH/c16-14(17)12-10-8-6-4-2-1-3-5-7-9-11-13-15(18)19;;/h1-13H2,(H,16,17)(H,18,19);2*1H. The minimum atomic E-state index is -0.692. The molecule has 21 heavy (non-hydrogen) atoms. The lowest BCUT2D eigenvalue weighted by atomic mass is 10.0. The highest BCUT2D eigenvalue weighted by Gasteiger charge is 1.98. The van der Waals surface area contributed by atoms with E-state index in [4.69, 9.17) is 10.2 Å². The van der Waals surface area contributed by atoms with Crippen molar-refractivity contribution in [2.45, 2.75) is 83.5 Å². The number of hydrogen-bond acceptors (Lipinski definition) is 2. The average molecular weight is 434 g/mol. The van der Waals surface area contributed by atoms with E-state index in [1.807, 2.05) is 0 Å². The molecule has 0 aliphatic carbocycles. The van der Waals surface area contributed by atoms with Crippen LogP contribution in [0, 0.1) is 0 Å². The lowest BCUT2D eigenvalue weighted by molar-refractivity contribution is -0.138. The quantitative estimate of drug-likeness (QED) is 0.360. The molecule has 0 radical (unpaired) electrons. The summed E-state index contributed by atoms with van der Waals surface area (Å²) < 4.78 is 0. The maximum absolute atomic E-state index is 10.3. The number of aliphatic carboxylic acids is 2. The second-order valence-electron chi connectivity index (χ2n) is 5.18. The summed E-state index contributed by atoms with van der Waals surface area (Å²) in [6.07, 6.45) is 12.7. The van der Waals surface area contributed by atoms with Crippen LogP contribution in [0.1, 0.15) is 83.5 Å². The van der Waals surface area contributed by atoms with Gasteiger partial charge in [0.25, 0.3) is 0 Å². The SMILES string of the molecule is Br.Br.O=C(O)CCCCCCCCCCCCCC(=O)O. The average Bonchev–Trinajstić information content (AvgIpc) is 2.34. The van der Waals surface area contributed by atoms with E-state index in [9.17, 15) is 9.59 Å². The predicted molar refractivity (Wildman–Crippen MR) is 95.9 cm³/mol. The van der Waals surface area contributed by atoms with Crippen LogP contribution in [0.25, 0.3) is 0 Å². The van der Waals surface area contributed by atoms with Gasteiger partial charge in [-0.15, -0.1) is 34.0 Å². The first kappa shape index (κ1) is 25.8. The highest BCUT2D eigenvalue weighted by Crippen LogP contribution is 2.12. The first-order chi connectivity index (χ1) is 9.13. The summed E-state index contributed by atoms with van der Waals surface area (Å²) in [5.41, 5.74) is 0. The summed E-state index contributed by atoms with van der Waals surface area (Å²) in [5, 5.41) is 16.9. The van der Waals surface area contributed by atoms with Crippen LogP contribution in [0.4, 0.5) is 0 Å². The van der Waals surface area contributed by atoms with E-state index >= 15 is 0 Å². The lowest BCUT2D eigenvalue weighted by Crippen LogP contribution is -1.93. The van der Waals surface area contributed by atoms with Gasteiger partial charge in [0.1, 0.15) is 0 Å². The van der Waals surface area contributed by atoms with Gasteiger partial charge in [-0.1, -0.05) is 57.8 Å². The zero-order valence-corrected chi connectivity index (χ0v) is 16.1. The molecule has 0 bridgehead atoms. The third-order valence-corrected chi connectivity index (χ3v) is 3.28. The van der Waals surface area contributed by atoms with E-state index in [1.165, 1.54) is 32.1 Å². The first-order valence-corrected chi connectivity index (χ1v) is 7.56. The summed E-state index contributed by atoms with van der Waals surface area (Å²) in [5.74, 6) is -1.38. The normalized spacial score (nSPS) is 9.52. The van der Waals surface area contributed by atoms with Crippen molar-refractivity contribution in [1.82, 2.24) is 0 Å². The van der Waals surface area contributed by atoms with Crippen LogP contribution in [0.2, 0.25) is 0 Å². The minimum absolute atomic E-state index is 0. The number of rotatable bonds is 14. The lowest BCUT2D eigenvalue weighted by Gasteiger charge is -2.02. The molecule has 0 heterocycles. The molecule has 0 unspecified atom stereocenters. The van der Waals surface area contributed by atoms with E-state index in [2.05, 4.69) is 0 Å². The maximum atomic E-state index is 10.3. The van der Waals surface area contributed by atoms with Crippen LogP contribution in [0.5, 0.6) is 0 Å². The van der Waals surface area contributed by atoms with Crippen LogP contribution < -0.4 is 0 Å². The molecule has 0 aliphatic rings. The van der Waals surface area contributed by atoms with Gasteiger partial charge in [0.05, 0.1) is 0 Å². The Morgan fingerprint density at radius 1 is 0.476 bits per heavy atom. The van der Waals surface area contributed by atoms with E-state index in [-0.39, 0.29) is 34.0 Å². The molecule has 2 N–H and O–H groups in total. The smallest absolute Gasteiger partial charge is 0.303 e. The molecular formula is C15H30Br2O4. The Hall–Kier alpha value is -0.100. The molecule has 0 rings (SSSR count). The topological polar surface area (TPSA) is 74.6 Å². The molecule has 0 aromatic heterocycles. The Kier molecular flexibility index (Phi) is 24.5. The Bertz CT molecular complexity index is 224. The van der Waals surface area contributed by atoms with E-state index in [1.54, 1.807) is 0 Å². The number of carboxylic acid groups (broad SMARTS) is 2. The maximum Gasteiger partial charge on any atom is 0.303 e. The molecule has 0 fully saturated rings. The summed E-state index contributed by atoms with van der Waals surface area (Å²) in [7, 11) is 0. The van der Waals surface area contributed by atoms with Gasteiger partial charge in [-0.3, -0.25) is 9.59 Å². The first-order valence-electron chi connectivity index (χ1n) is 7.56. The molecule has 128 valence electrons. The van der Waals surface area contributed by atoms with Crippen molar-refractivity contribution in [2.75, 3.05) is 0 Å². The number of hydrogen-bond donors (Lipinski definition) is 2. The van der Waals surface area contributed by atoms with Crippen molar-refractivity contribution in [3.05, 3.63) is 0 Å². The molecule has 0 aromatic rings.